The molecule has 0 aliphatic rings. The maximum absolute atomic E-state index is 12.3. The molecule has 0 aliphatic heterocycles. The number of carbonyl (C=O) groups excluding carboxylic acids is 1. The Balaban J connectivity index is 1.65. The molecule has 0 aliphatic carbocycles. The predicted molar refractivity (Wildman–Crippen MR) is 105 cm³/mol. The standard InChI is InChI=1S/C21H20N2O5/c1-14-3-8-17(18(13-14)23(25)26)19-9-10-20(28-19)21(24)22-12-11-15-4-6-16(27-2)7-5-15/h3-10,13H,11-12H2,1-2H3,(H,22,24). The number of methoxy groups -OCH3 is 1. The lowest BCUT2D eigenvalue weighted by Gasteiger charge is -2.05. The van der Waals surface area contributed by atoms with Gasteiger partial charge >= 0.3 is 0 Å². The van der Waals surface area contributed by atoms with Crippen molar-refractivity contribution in [3.05, 3.63) is 81.6 Å². The molecule has 0 fully saturated rings. The molecule has 0 bridgehead atoms. The number of nitrogens with one attached hydrogen (secondary N) is 1. The second-order valence-electron chi connectivity index (χ2n) is 6.30. The summed E-state index contributed by atoms with van der Waals surface area (Å²) in [6, 6.07) is 15.6. The number of furan rings is 1. The van der Waals surface area contributed by atoms with Crippen LogP contribution in [0.5, 0.6) is 5.75 Å². The zero-order valence-electron chi connectivity index (χ0n) is 15.6. The van der Waals surface area contributed by atoms with Crippen LogP contribution in [0.25, 0.3) is 11.3 Å². The van der Waals surface area contributed by atoms with Crippen LogP contribution in [0.15, 0.2) is 59.0 Å². The first kappa shape index (κ1) is 19.2. The summed E-state index contributed by atoms with van der Waals surface area (Å²) in [7, 11) is 1.61. The fraction of sp³-hybridized carbons (Fsp3) is 0.190. The maximum Gasteiger partial charge on any atom is 0.287 e. The number of ether oxygens (including phenoxy) is 1. The van der Waals surface area contributed by atoms with Gasteiger partial charge in [0.15, 0.2) is 5.76 Å². The third kappa shape index (κ3) is 4.37. The van der Waals surface area contributed by atoms with Crippen LogP contribution < -0.4 is 10.1 Å². The normalized spacial score (nSPS) is 10.5. The monoisotopic (exact) mass is 380 g/mol. The summed E-state index contributed by atoms with van der Waals surface area (Å²) < 4.78 is 10.7. The SMILES string of the molecule is COc1ccc(CCNC(=O)c2ccc(-c3ccc(C)cc3[N+](=O)[O-])o2)cc1. The lowest BCUT2D eigenvalue weighted by Crippen LogP contribution is -2.25. The minimum atomic E-state index is -0.459. The summed E-state index contributed by atoms with van der Waals surface area (Å²) in [5.74, 6) is 0.808. The largest absolute Gasteiger partial charge is 0.497 e. The van der Waals surface area contributed by atoms with Crippen molar-refractivity contribution < 1.29 is 18.9 Å². The number of hydrogen-bond acceptors (Lipinski definition) is 5. The van der Waals surface area contributed by atoms with Crippen molar-refractivity contribution >= 4 is 11.6 Å². The molecule has 1 aromatic heterocycles. The van der Waals surface area contributed by atoms with Gasteiger partial charge in [0.2, 0.25) is 0 Å². The van der Waals surface area contributed by atoms with E-state index in [9.17, 15) is 14.9 Å². The van der Waals surface area contributed by atoms with E-state index < -0.39 is 4.92 Å². The maximum atomic E-state index is 12.3. The van der Waals surface area contributed by atoms with Gasteiger partial charge in [0.25, 0.3) is 11.6 Å². The molecule has 3 aromatic rings. The van der Waals surface area contributed by atoms with Crippen LogP contribution in [0.1, 0.15) is 21.7 Å². The molecule has 144 valence electrons. The second kappa shape index (κ2) is 8.39. The van der Waals surface area contributed by atoms with Crippen molar-refractivity contribution in [2.24, 2.45) is 0 Å². The van der Waals surface area contributed by atoms with Gasteiger partial charge in [0.05, 0.1) is 17.6 Å². The van der Waals surface area contributed by atoms with Crippen LogP contribution in [-0.2, 0) is 6.42 Å². The van der Waals surface area contributed by atoms with E-state index in [4.69, 9.17) is 9.15 Å². The van der Waals surface area contributed by atoms with Crippen LogP contribution in [0, 0.1) is 17.0 Å². The van der Waals surface area contributed by atoms with Crippen molar-refractivity contribution in [3.8, 4) is 17.1 Å². The highest BCUT2D eigenvalue weighted by Gasteiger charge is 2.20. The number of rotatable bonds is 7. The van der Waals surface area contributed by atoms with E-state index in [0.29, 0.717) is 18.5 Å². The van der Waals surface area contributed by atoms with Gasteiger partial charge in [-0.3, -0.25) is 14.9 Å². The van der Waals surface area contributed by atoms with E-state index in [0.717, 1.165) is 16.9 Å². The topological polar surface area (TPSA) is 94.6 Å². The minimum Gasteiger partial charge on any atom is -0.497 e. The fourth-order valence-electron chi connectivity index (χ4n) is 2.81. The minimum absolute atomic E-state index is 0.0548. The van der Waals surface area contributed by atoms with Crippen LogP contribution in [0.3, 0.4) is 0 Å². The Morgan fingerprint density at radius 3 is 2.57 bits per heavy atom. The number of benzene rings is 2. The first-order valence-corrected chi connectivity index (χ1v) is 8.74. The lowest BCUT2D eigenvalue weighted by atomic mass is 10.1. The Morgan fingerprint density at radius 2 is 1.89 bits per heavy atom. The van der Waals surface area contributed by atoms with Gasteiger partial charge in [-0.05, 0) is 54.8 Å². The van der Waals surface area contributed by atoms with Gasteiger partial charge < -0.3 is 14.5 Å². The Hall–Kier alpha value is -3.61. The van der Waals surface area contributed by atoms with Gasteiger partial charge in [-0.2, -0.15) is 0 Å². The molecule has 0 radical (unpaired) electrons. The Kier molecular flexibility index (Phi) is 5.74. The van der Waals surface area contributed by atoms with Crippen LogP contribution >= 0.6 is 0 Å². The predicted octanol–water partition coefficient (Wildman–Crippen LogP) is 4.14. The number of nitro groups is 1. The Morgan fingerprint density at radius 1 is 1.14 bits per heavy atom. The summed E-state index contributed by atoms with van der Waals surface area (Å²) in [6.07, 6.45) is 0.659. The van der Waals surface area contributed by atoms with Crippen molar-refractivity contribution in [2.75, 3.05) is 13.7 Å². The van der Waals surface area contributed by atoms with Crippen LogP contribution in [-0.4, -0.2) is 24.5 Å². The summed E-state index contributed by atoms with van der Waals surface area (Å²) in [5, 5.41) is 14.1. The zero-order chi connectivity index (χ0) is 20.1. The van der Waals surface area contributed by atoms with E-state index in [1.165, 1.54) is 12.1 Å². The molecule has 28 heavy (non-hydrogen) atoms. The molecule has 1 N–H and O–H groups in total. The number of nitrogens with zero attached hydrogens (tertiary/aromatic N) is 1. The van der Waals surface area contributed by atoms with Crippen LogP contribution in [0.2, 0.25) is 0 Å². The van der Waals surface area contributed by atoms with Crippen molar-refractivity contribution in [1.82, 2.24) is 5.32 Å². The third-order valence-electron chi connectivity index (χ3n) is 4.30. The smallest absolute Gasteiger partial charge is 0.287 e. The molecule has 0 saturated heterocycles. The molecule has 1 heterocycles. The first-order valence-electron chi connectivity index (χ1n) is 8.74. The molecule has 2 aromatic carbocycles. The number of aryl methyl sites for hydroxylation is 1. The van der Waals surface area contributed by atoms with Gasteiger partial charge in [0.1, 0.15) is 11.5 Å². The van der Waals surface area contributed by atoms with E-state index in [1.807, 2.05) is 24.3 Å². The third-order valence-corrected chi connectivity index (χ3v) is 4.30. The molecule has 7 heteroatoms. The molecule has 0 spiro atoms. The quantitative estimate of drug-likeness (QED) is 0.491. The Bertz CT molecular complexity index is 992. The average Bonchev–Trinajstić information content (AvgIpc) is 3.18. The van der Waals surface area contributed by atoms with Crippen LogP contribution in [0.4, 0.5) is 5.69 Å². The molecule has 7 nitrogen and oxygen atoms in total. The highest BCUT2D eigenvalue weighted by atomic mass is 16.6. The average molecular weight is 380 g/mol. The molecule has 1 amide bonds. The molecule has 0 unspecified atom stereocenters. The van der Waals surface area contributed by atoms with E-state index in [2.05, 4.69) is 5.32 Å². The fourth-order valence-corrected chi connectivity index (χ4v) is 2.81. The van der Waals surface area contributed by atoms with Gasteiger partial charge in [0, 0.05) is 12.6 Å². The summed E-state index contributed by atoms with van der Waals surface area (Å²) in [5.41, 5.74) is 2.13. The molecular formula is C21H20N2O5. The van der Waals surface area contributed by atoms with Crippen molar-refractivity contribution in [1.29, 1.82) is 0 Å². The van der Waals surface area contributed by atoms with Gasteiger partial charge in [-0.1, -0.05) is 18.2 Å². The number of carbonyl (C=O) groups is 1. The van der Waals surface area contributed by atoms with E-state index in [1.54, 1.807) is 32.2 Å². The number of nitro benzene ring substituents is 1. The summed E-state index contributed by atoms with van der Waals surface area (Å²) in [6.45, 7) is 2.21. The highest BCUT2D eigenvalue weighted by Crippen LogP contribution is 2.31. The van der Waals surface area contributed by atoms with E-state index >= 15 is 0 Å². The van der Waals surface area contributed by atoms with Gasteiger partial charge in [-0.15, -0.1) is 0 Å². The Labute approximate surface area is 162 Å². The highest BCUT2D eigenvalue weighted by molar-refractivity contribution is 5.92. The summed E-state index contributed by atoms with van der Waals surface area (Å²) in [4.78, 5) is 23.1. The first-order chi connectivity index (χ1) is 13.5. The molecule has 3 rings (SSSR count). The van der Waals surface area contributed by atoms with Gasteiger partial charge in [-0.25, -0.2) is 0 Å². The zero-order valence-corrected chi connectivity index (χ0v) is 15.6. The molecule has 0 atom stereocenters. The van der Waals surface area contributed by atoms with Crippen molar-refractivity contribution in [3.63, 3.8) is 0 Å². The molecule has 0 saturated carbocycles. The van der Waals surface area contributed by atoms with Crippen molar-refractivity contribution in [2.45, 2.75) is 13.3 Å². The second-order valence-corrected chi connectivity index (χ2v) is 6.30. The number of amides is 1. The summed E-state index contributed by atoms with van der Waals surface area (Å²) >= 11 is 0. The van der Waals surface area contributed by atoms with E-state index in [-0.39, 0.29) is 23.1 Å². The lowest BCUT2D eigenvalue weighted by molar-refractivity contribution is -0.384. The molecular weight excluding hydrogens is 360 g/mol. The number of hydrogen-bond donors (Lipinski definition) is 1.